The highest BCUT2D eigenvalue weighted by Crippen LogP contribution is 2.27. The standard InChI is InChI=1S/C13H20N2O4S/c1-18-11-5-6-12(19-2)13(9-11)20(16,17)15-8-7-14-10-3-4-10/h5-6,9-10,14-15H,3-4,7-8H2,1-2H3. The van der Waals surface area contributed by atoms with Gasteiger partial charge in [0.15, 0.2) is 0 Å². The monoisotopic (exact) mass is 300 g/mol. The zero-order chi connectivity index (χ0) is 14.6. The molecule has 1 aliphatic carbocycles. The molecule has 0 radical (unpaired) electrons. The highest BCUT2D eigenvalue weighted by Gasteiger charge is 2.22. The van der Waals surface area contributed by atoms with E-state index in [0.29, 0.717) is 30.6 Å². The molecule has 6 nitrogen and oxygen atoms in total. The topological polar surface area (TPSA) is 76.7 Å². The lowest BCUT2D eigenvalue weighted by Crippen LogP contribution is -2.32. The molecule has 2 N–H and O–H groups in total. The number of methoxy groups -OCH3 is 2. The van der Waals surface area contributed by atoms with Crippen molar-refractivity contribution in [3.05, 3.63) is 18.2 Å². The van der Waals surface area contributed by atoms with E-state index >= 15 is 0 Å². The van der Waals surface area contributed by atoms with Crippen LogP contribution in [0.1, 0.15) is 12.8 Å². The normalized spacial score (nSPS) is 15.1. The molecular weight excluding hydrogens is 280 g/mol. The van der Waals surface area contributed by atoms with Gasteiger partial charge >= 0.3 is 0 Å². The van der Waals surface area contributed by atoms with Crippen molar-refractivity contribution < 1.29 is 17.9 Å². The number of benzene rings is 1. The Morgan fingerprint density at radius 2 is 1.95 bits per heavy atom. The van der Waals surface area contributed by atoms with Crippen LogP contribution in [-0.4, -0.2) is 41.8 Å². The lowest BCUT2D eigenvalue weighted by molar-refractivity contribution is 0.392. The quantitative estimate of drug-likeness (QED) is 0.692. The highest BCUT2D eigenvalue weighted by atomic mass is 32.2. The van der Waals surface area contributed by atoms with Crippen molar-refractivity contribution in [3.8, 4) is 11.5 Å². The second-order valence-electron chi connectivity index (χ2n) is 4.64. The average Bonchev–Trinajstić information content (AvgIpc) is 3.27. The summed E-state index contributed by atoms with van der Waals surface area (Å²) >= 11 is 0. The zero-order valence-corrected chi connectivity index (χ0v) is 12.5. The minimum absolute atomic E-state index is 0.0887. The molecule has 0 aromatic heterocycles. The third-order valence-corrected chi connectivity index (χ3v) is 4.57. The first kappa shape index (κ1) is 15.1. The number of hydrogen-bond acceptors (Lipinski definition) is 5. The van der Waals surface area contributed by atoms with Crippen LogP contribution in [0.15, 0.2) is 23.1 Å². The number of sulfonamides is 1. The van der Waals surface area contributed by atoms with E-state index in [0.717, 1.165) is 0 Å². The van der Waals surface area contributed by atoms with E-state index in [1.165, 1.54) is 33.1 Å². The summed E-state index contributed by atoms with van der Waals surface area (Å²) in [5, 5.41) is 3.25. The molecule has 0 bridgehead atoms. The molecule has 7 heteroatoms. The average molecular weight is 300 g/mol. The van der Waals surface area contributed by atoms with Gasteiger partial charge in [-0.2, -0.15) is 0 Å². The van der Waals surface area contributed by atoms with Crippen LogP contribution in [0, 0.1) is 0 Å². The Labute approximate surface area is 119 Å². The van der Waals surface area contributed by atoms with Crippen molar-refractivity contribution >= 4 is 10.0 Å². The van der Waals surface area contributed by atoms with Crippen LogP contribution in [0.4, 0.5) is 0 Å². The first-order valence-corrected chi connectivity index (χ1v) is 8.00. The van der Waals surface area contributed by atoms with Gasteiger partial charge in [0.25, 0.3) is 0 Å². The van der Waals surface area contributed by atoms with Gasteiger partial charge in [-0.05, 0) is 25.0 Å². The van der Waals surface area contributed by atoms with Gasteiger partial charge in [0, 0.05) is 25.2 Å². The Hall–Kier alpha value is -1.31. The molecule has 0 atom stereocenters. The van der Waals surface area contributed by atoms with Crippen molar-refractivity contribution in [1.82, 2.24) is 10.0 Å². The van der Waals surface area contributed by atoms with Crippen LogP contribution in [0.5, 0.6) is 11.5 Å². The minimum atomic E-state index is -3.61. The fraction of sp³-hybridized carbons (Fsp3) is 0.538. The van der Waals surface area contributed by atoms with Gasteiger partial charge in [0.1, 0.15) is 16.4 Å². The predicted octanol–water partition coefficient (Wildman–Crippen LogP) is 0.734. The molecule has 112 valence electrons. The van der Waals surface area contributed by atoms with Crippen molar-refractivity contribution in [3.63, 3.8) is 0 Å². The lowest BCUT2D eigenvalue weighted by Gasteiger charge is -2.12. The zero-order valence-electron chi connectivity index (χ0n) is 11.7. The van der Waals surface area contributed by atoms with E-state index in [1.807, 2.05) is 0 Å². The summed E-state index contributed by atoms with van der Waals surface area (Å²) in [6.45, 7) is 0.968. The van der Waals surface area contributed by atoms with Gasteiger partial charge in [-0.3, -0.25) is 0 Å². The molecule has 1 saturated carbocycles. The van der Waals surface area contributed by atoms with Crippen LogP contribution < -0.4 is 19.5 Å². The van der Waals surface area contributed by atoms with Crippen molar-refractivity contribution in [1.29, 1.82) is 0 Å². The van der Waals surface area contributed by atoms with E-state index in [9.17, 15) is 8.42 Å². The predicted molar refractivity (Wildman–Crippen MR) is 75.8 cm³/mol. The highest BCUT2D eigenvalue weighted by molar-refractivity contribution is 7.89. The molecule has 0 heterocycles. The third kappa shape index (κ3) is 3.84. The fourth-order valence-electron chi connectivity index (χ4n) is 1.82. The van der Waals surface area contributed by atoms with Crippen molar-refractivity contribution in [2.24, 2.45) is 0 Å². The summed E-state index contributed by atoms with van der Waals surface area (Å²) in [4.78, 5) is 0.0887. The summed E-state index contributed by atoms with van der Waals surface area (Å²) in [5.74, 6) is 0.774. The third-order valence-electron chi connectivity index (χ3n) is 3.09. The van der Waals surface area contributed by atoms with Gasteiger partial charge in [0.05, 0.1) is 14.2 Å². The second kappa shape index (κ2) is 6.43. The molecule has 0 aliphatic heterocycles. The van der Waals surface area contributed by atoms with Gasteiger partial charge < -0.3 is 14.8 Å². The van der Waals surface area contributed by atoms with E-state index in [1.54, 1.807) is 12.1 Å². The number of nitrogens with one attached hydrogen (secondary N) is 2. The molecule has 1 aromatic rings. The van der Waals surface area contributed by atoms with Crippen molar-refractivity contribution in [2.45, 2.75) is 23.8 Å². The molecule has 0 spiro atoms. The maximum absolute atomic E-state index is 12.3. The fourth-order valence-corrected chi connectivity index (χ4v) is 3.03. The van der Waals surface area contributed by atoms with E-state index < -0.39 is 10.0 Å². The Balaban J connectivity index is 2.05. The van der Waals surface area contributed by atoms with Crippen LogP contribution in [-0.2, 0) is 10.0 Å². The Morgan fingerprint density at radius 1 is 1.20 bits per heavy atom. The largest absolute Gasteiger partial charge is 0.497 e. The molecule has 0 amide bonds. The smallest absolute Gasteiger partial charge is 0.244 e. The Morgan fingerprint density at radius 3 is 2.55 bits per heavy atom. The molecule has 1 fully saturated rings. The minimum Gasteiger partial charge on any atom is -0.497 e. The molecule has 2 rings (SSSR count). The summed E-state index contributed by atoms with van der Waals surface area (Å²) < 4.78 is 37.2. The first-order valence-electron chi connectivity index (χ1n) is 6.52. The summed E-state index contributed by atoms with van der Waals surface area (Å²) in [7, 11) is -0.677. The summed E-state index contributed by atoms with van der Waals surface area (Å²) in [6, 6.07) is 5.25. The summed E-state index contributed by atoms with van der Waals surface area (Å²) in [5.41, 5.74) is 0. The van der Waals surface area contributed by atoms with Crippen LogP contribution >= 0.6 is 0 Å². The molecular formula is C13H20N2O4S. The molecule has 0 saturated heterocycles. The van der Waals surface area contributed by atoms with Gasteiger partial charge in [0.2, 0.25) is 10.0 Å². The lowest BCUT2D eigenvalue weighted by atomic mass is 10.3. The van der Waals surface area contributed by atoms with Crippen LogP contribution in [0.2, 0.25) is 0 Å². The second-order valence-corrected chi connectivity index (χ2v) is 6.38. The number of rotatable bonds is 8. The van der Waals surface area contributed by atoms with Crippen LogP contribution in [0.25, 0.3) is 0 Å². The summed E-state index contributed by atoms with van der Waals surface area (Å²) in [6.07, 6.45) is 2.35. The molecule has 1 aliphatic rings. The van der Waals surface area contributed by atoms with E-state index in [4.69, 9.17) is 9.47 Å². The van der Waals surface area contributed by atoms with Crippen molar-refractivity contribution in [2.75, 3.05) is 27.3 Å². The Kier molecular flexibility index (Phi) is 4.85. The first-order chi connectivity index (χ1) is 9.56. The molecule has 20 heavy (non-hydrogen) atoms. The SMILES string of the molecule is COc1ccc(OC)c(S(=O)(=O)NCCNC2CC2)c1. The van der Waals surface area contributed by atoms with Crippen LogP contribution in [0.3, 0.4) is 0 Å². The van der Waals surface area contributed by atoms with Gasteiger partial charge in [-0.1, -0.05) is 0 Å². The van der Waals surface area contributed by atoms with Gasteiger partial charge in [-0.15, -0.1) is 0 Å². The van der Waals surface area contributed by atoms with E-state index in [2.05, 4.69) is 10.0 Å². The Bertz CT molecular complexity index is 555. The van der Waals surface area contributed by atoms with E-state index in [-0.39, 0.29) is 4.90 Å². The maximum atomic E-state index is 12.3. The number of hydrogen-bond donors (Lipinski definition) is 2. The molecule has 0 unspecified atom stereocenters. The number of ether oxygens (including phenoxy) is 2. The maximum Gasteiger partial charge on any atom is 0.244 e. The van der Waals surface area contributed by atoms with Gasteiger partial charge in [-0.25, -0.2) is 13.1 Å². The molecule has 1 aromatic carbocycles.